The molecule has 3 N–H and O–H groups in total. The lowest BCUT2D eigenvalue weighted by atomic mass is 10.1. The van der Waals surface area contributed by atoms with E-state index < -0.39 is 5.97 Å². The number of benzene rings is 1. The molecule has 0 atom stereocenters. The molecule has 0 fully saturated rings. The zero-order chi connectivity index (χ0) is 14.5. The summed E-state index contributed by atoms with van der Waals surface area (Å²) < 4.78 is 5.33. The number of nitrogens with two attached hydrogens (primary N) is 1. The molecule has 20 heavy (non-hydrogen) atoms. The van der Waals surface area contributed by atoms with Crippen molar-refractivity contribution in [1.29, 1.82) is 0 Å². The van der Waals surface area contributed by atoms with E-state index in [2.05, 4.69) is 0 Å². The fraction of sp³-hybridized carbons (Fsp3) is 0.133. The van der Waals surface area contributed by atoms with Crippen molar-refractivity contribution in [2.24, 2.45) is 5.73 Å². The highest BCUT2D eigenvalue weighted by Gasteiger charge is 2.22. The summed E-state index contributed by atoms with van der Waals surface area (Å²) in [6.07, 6.45) is 4.44. The number of fused-ring (bicyclic) bond motifs is 1. The average molecular weight is 292 g/mol. The first-order valence-electron chi connectivity index (χ1n) is 6.07. The quantitative estimate of drug-likeness (QED) is 0.834. The Morgan fingerprint density at radius 3 is 2.50 bits per heavy atom. The predicted octanol–water partition coefficient (Wildman–Crippen LogP) is 3.02. The van der Waals surface area contributed by atoms with E-state index in [4.69, 9.17) is 27.2 Å². The predicted molar refractivity (Wildman–Crippen MR) is 77.2 cm³/mol. The summed E-state index contributed by atoms with van der Waals surface area (Å²) in [6.45, 7) is 0.666. The minimum absolute atomic E-state index is 0.331. The Balaban J connectivity index is 0.000000151. The van der Waals surface area contributed by atoms with Crippen molar-refractivity contribution in [2.45, 2.75) is 6.42 Å². The third-order valence-corrected chi connectivity index (χ3v) is 3.15. The number of rotatable bonds is 1. The van der Waals surface area contributed by atoms with Gasteiger partial charge in [0.1, 0.15) is 5.76 Å². The van der Waals surface area contributed by atoms with Crippen LogP contribution in [0.4, 0.5) is 0 Å². The van der Waals surface area contributed by atoms with Crippen LogP contribution in [0.15, 0.2) is 64.5 Å². The van der Waals surface area contributed by atoms with E-state index >= 15 is 0 Å². The standard InChI is InChI=1S/C8H8ClNO.C7H6O2/c9-5-1-2-7-8(5)6(10)3-4-11-7;8-7(9)6-4-2-1-3-5-6/h1-2H,3-4,10H2;1-5H,(H,8,9). The highest BCUT2D eigenvalue weighted by atomic mass is 35.5. The fourth-order valence-corrected chi connectivity index (χ4v) is 2.12. The summed E-state index contributed by atoms with van der Waals surface area (Å²) in [4.78, 5) is 10.2. The molecular formula is C15H14ClNO3. The maximum absolute atomic E-state index is 10.2. The monoisotopic (exact) mass is 291 g/mol. The molecule has 104 valence electrons. The third-order valence-electron chi connectivity index (χ3n) is 2.84. The third kappa shape index (κ3) is 3.22. The second-order valence-corrected chi connectivity index (χ2v) is 4.62. The van der Waals surface area contributed by atoms with Gasteiger partial charge in [-0.15, -0.1) is 0 Å². The van der Waals surface area contributed by atoms with Crippen LogP contribution in [0.25, 0.3) is 0 Å². The number of carboxylic acids is 1. The van der Waals surface area contributed by atoms with Gasteiger partial charge in [-0.05, 0) is 24.3 Å². The molecule has 1 aromatic rings. The molecule has 1 aliphatic heterocycles. The Kier molecular flexibility index (Phi) is 4.48. The summed E-state index contributed by atoms with van der Waals surface area (Å²) in [7, 11) is 0. The molecule has 0 aromatic heterocycles. The van der Waals surface area contributed by atoms with Gasteiger partial charge in [0.05, 0.1) is 22.8 Å². The van der Waals surface area contributed by atoms with Crippen molar-refractivity contribution in [3.05, 3.63) is 70.1 Å². The normalized spacial score (nSPS) is 16.2. The lowest BCUT2D eigenvalue weighted by Crippen LogP contribution is -2.13. The number of hydrogen-bond acceptors (Lipinski definition) is 3. The lowest BCUT2D eigenvalue weighted by Gasteiger charge is -2.18. The molecule has 1 heterocycles. The molecule has 0 saturated heterocycles. The first kappa shape index (κ1) is 14.2. The van der Waals surface area contributed by atoms with Crippen molar-refractivity contribution >= 4 is 17.6 Å². The minimum atomic E-state index is -0.879. The number of carbonyl (C=O) groups is 1. The van der Waals surface area contributed by atoms with Crippen LogP contribution in [0.3, 0.4) is 0 Å². The molecule has 4 nitrogen and oxygen atoms in total. The highest BCUT2D eigenvalue weighted by Crippen LogP contribution is 2.34. The molecule has 2 aliphatic rings. The molecule has 0 radical (unpaired) electrons. The van der Waals surface area contributed by atoms with Gasteiger partial charge >= 0.3 is 5.97 Å². The second-order valence-electron chi connectivity index (χ2n) is 4.22. The summed E-state index contributed by atoms with van der Waals surface area (Å²) in [5, 5.41) is 9.08. The van der Waals surface area contributed by atoms with E-state index in [0.717, 1.165) is 23.5 Å². The van der Waals surface area contributed by atoms with Gasteiger partial charge in [-0.3, -0.25) is 0 Å². The van der Waals surface area contributed by atoms with E-state index in [0.29, 0.717) is 17.2 Å². The molecule has 0 bridgehead atoms. The molecule has 5 heteroatoms. The Morgan fingerprint density at radius 2 is 1.95 bits per heavy atom. The van der Waals surface area contributed by atoms with Crippen LogP contribution in [0, 0.1) is 0 Å². The largest absolute Gasteiger partial charge is 0.492 e. The zero-order valence-electron chi connectivity index (χ0n) is 10.7. The Labute approximate surface area is 121 Å². The Hall–Kier alpha value is -2.20. The van der Waals surface area contributed by atoms with Crippen molar-refractivity contribution in [3.8, 4) is 0 Å². The van der Waals surface area contributed by atoms with Gasteiger partial charge in [0.15, 0.2) is 0 Å². The number of halogens is 1. The second kappa shape index (κ2) is 6.30. The van der Waals surface area contributed by atoms with Crippen LogP contribution in [0.2, 0.25) is 0 Å². The molecule has 0 spiro atoms. The van der Waals surface area contributed by atoms with Crippen LogP contribution >= 0.6 is 11.6 Å². The average Bonchev–Trinajstić information content (AvgIpc) is 2.83. The maximum Gasteiger partial charge on any atom is 0.335 e. The summed E-state index contributed by atoms with van der Waals surface area (Å²) >= 11 is 5.87. The van der Waals surface area contributed by atoms with Gasteiger partial charge in [-0.1, -0.05) is 29.8 Å². The number of carboxylic acid groups (broad SMARTS) is 1. The van der Waals surface area contributed by atoms with Crippen molar-refractivity contribution in [3.63, 3.8) is 0 Å². The summed E-state index contributed by atoms with van der Waals surface area (Å²) in [5.74, 6) is -0.0608. The number of allylic oxidation sites excluding steroid dienone is 3. The zero-order valence-corrected chi connectivity index (χ0v) is 11.4. The number of ether oxygens (including phenoxy) is 1. The van der Waals surface area contributed by atoms with Crippen LogP contribution in [-0.4, -0.2) is 17.7 Å². The van der Waals surface area contributed by atoms with Crippen LogP contribution in [0.5, 0.6) is 0 Å². The molecular weight excluding hydrogens is 278 g/mol. The van der Waals surface area contributed by atoms with E-state index in [1.807, 2.05) is 12.2 Å². The number of aromatic carboxylic acids is 1. The van der Waals surface area contributed by atoms with Crippen molar-refractivity contribution in [2.75, 3.05) is 6.61 Å². The molecule has 1 aliphatic carbocycles. The van der Waals surface area contributed by atoms with Crippen LogP contribution in [0.1, 0.15) is 16.8 Å². The number of hydrogen-bond donors (Lipinski definition) is 2. The Bertz CT molecular complexity index is 603. The first-order chi connectivity index (χ1) is 9.59. The molecule has 0 saturated carbocycles. The topological polar surface area (TPSA) is 72.5 Å². The first-order valence-corrected chi connectivity index (χ1v) is 6.45. The summed E-state index contributed by atoms with van der Waals surface area (Å²) in [6, 6.07) is 8.30. The lowest BCUT2D eigenvalue weighted by molar-refractivity contribution is 0.0697. The SMILES string of the molecule is NC1=C2C(Cl)=CC=C2OCC1.O=C(O)c1ccccc1. The van der Waals surface area contributed by atoms with Crippen molar-refractivity contribution < 1.29 is 14.6 Å². The van der Waals surface area contributed by atoms with Gasteiger partial charge in [0, 0.05) is 12.1 Å². The fourth-order valence-electron chi connectivity index (χ4n) is 1.84. The van der Waals surface area contributed by atoms with Crippen LogP contribution < -0.4 is 5.73 Å². The molecule has 0 unspecified atom stereocenters. The van der Waals surface area contributed by atoms with E-state index in [1.54, 1.807) is 30.3 Å². The van der Waals surface area contributed by atoms with E-state index in [-0.39, 0.29) is 0 Å². The van der Waals surface area contributed by atoms with E-state index in [1.165, 1.54) is 0 Å². The minimum Gasteiger partial charge on any atom is -0.492 e. The maximum atomic E-state index is 10.2. The van der Waals surface area contributed by atoms with Gasteiger partial charge in [-0.2, -0.15) is 0 Å². The Morgan fingerprint density at radius 1 is 1.25 bits per heavy atom. The molecule has 1 aromatic carbocycles. The molecule has 3 rings (SSSR count). The van der Waals surface area contributed by atoms with Gasteiger partial charge in [0.25, 0.3) is 0 Å². The highest BCUT2D eigenvalue weighted by molar-refractivity contribution is 6.33. The smallest absolute Gasteiger partial charge is 0.335 e. The van der Waals surface area contributed by atoms with Crippen LogP contribution in [-0.2, 0) is 4.74 Å². The summed E-state index contributed by atoms with van der Waals surface area (Å²) in [5.41, 5.74) is 7.80. The van der Waals surface area contributed by atoms with E-state index in [9.17, 15) is 4.79 Å². The van der Waals surface area contributed by atoms with Gasteiger partial charge in [-0.25, -0.2) is 4.79 Å². The van der Waals surface area contributed by atoms with Gasteiger partial charge < -0.3 is 15.6 Å². The van der Waals surface area contributed by atoms with Crippen molar-refractivity contribution in [1.82, 2.24) is 0 Å². The van der Waals surface area contributed by atoms with Gasteiger partial charge in [0.2, 0.25) is 0 Å². The molecule has 0 amide bonds.